The predicted octanol–water partition coefficient (Wildman–Crippen LogP) is 2.74. The zero-order valence-corrected chi connectivity index (χ0v) is 11.5. The van der Waals surface area contributed by atoms with Crippen LogP contribution >= 0.6 is 0 Å². The largest absolute Gasteiger partial charge is 0.301 e. The summed E-state index contributed by atoms with van der Waals surface area (Å²) < 4.78 is 0. The molecule has 3 aromatic rings. The van der Waals surface area contributed by atoms with Crippen LogP contribution in [0.25, 0.3) is 11.0 Å². The molecule has 0 spiro atoms. The molecular formula is C16H14N4O. The van der Waals surface area contributed by atoms with Gasteiger partial charge in [0, 0.05) is 0 Å². The lowest BCUT2D eigenvalue weighted by Gasteiger charge is -2.07. The molecule has 0 atom stereocenters. The quantitative estimate of drug-likeness (QED) is 0.721. The van der Waals surface area contributed by atoms with E-state index in [1.165, 1.54) is 11.8 Å². The smallest absolute Gasteiger partial charge is 0.297 e. The number of nitrogens with zero attached hydrogens (tertiary/aromatic N) is 2. The molecule has 21 heavy (non-hydrogen) atoms. The van der Waals surface area contributed by atoms with Gasteiger partial charge in [0.1, 0.15) is 5.69 Å². The molecule has 5 nitrogen and oxygen atoms in total. The van der Waals surface area contributed by atoms with E-state index in [0.29, 0.717) is 16.7 Å². The third kappa shape index (κ3) is 2.97. The van der Waals surface area contributed by atoms with Gasteiger partial charge in [0.15, 0.2) is 0 Å². The first-order chi connectivity index (χ1) is 10.2. The van der Waals surface area contributed by atoms with E-state index in [1.807, 2.05) is 49.4 Å². The van der Waals surface area contributed by atoms with E-state index in [4.69, 9.17) is 0 Å². The van der Waals surface area contributed by atoms with E-state index < -0.39 is 0 Å². The average molecular weight is 278 g/mol. The standard InChI is InChI=1S/C16H14N4O/c1-11-6-8-12(9-7-11)19-20-15-10-17-13-4-2-3-5-14(13)18-16(15)21/h2-10,19H,1H3,(H,18,20,21). The average Bonchev–Trinajstić information content (AvgIpc) is 2.65. The van der Waals surface area contributed by atoms with E-state index >= 15 is 0 Å². The van der Waals surface area contributed by atoms with Crippen LogP contribution in [0.3, 0.4) is 0 Å². The molecule has 104 valence electrons. The summed E-state index contributed by atoms with van der Waals surface area (Å²) in [6.45, 7) is 2.02. The maximum Gasteiger partial charge on any atom is 0.297 e. The summed E-state index contributed by atoms with van der Waals surface area (Å²) in [7, 11) is 0. The van der Waals surface area contributed by atoms with Gasteiger partial charge >= 0.3 is 0 Å². The van der Waals surface area contributed by atoms with E-state index in [1.54, 1.807) is 6.07 Å². The number of para-hydroxylation sites is 2. The lowest BCUT2D eigenvalue weighted by Crippen LogP contribution is -2.16. The van der Waals surface area contributed by atoms with Crippen LogP contribution in [0.2, 0.25) is 0 Å². The molecule has 0 aliphatic rings. The Hall–Kier alpha value is -2.95. The van der Waals surface area contributed by atoms with Crippen molar-refractivity contribution in [1.82, 2.24) is 9.97 Å². The lowest BCUT2D eigenvalue weighted by atomic mass is 10.2. The maximum absolute atomic E-state index is 12.1. The molecule has 5 heteroatoms. The first-order valence-corrected chi connectivity index (χ1v) is 6.57. The van der Waals surface area contributed by atoms with Gasteiger partial charge < -0.3 is 5.43 Å². The number of hydrogen-bond acceptors (Lipinski definition) is 5. The maximum atomic E-state index is 12.1. The van der Waals surface area contributed by atoms with Crippen LogP contribution in [0.1, 0.15) is 5.56 Å². The predicted molar refractivity (Wildman–Crippen MR) is 84.2 cm³/mol. The Balaban J connectivity index is 1.88. The second kappa shape index (κ2) is 5.58. The van der Waals surface area contributed by atoms with Crippen molar-refractivity contribution in [3.8, 4) is 0 Å². The molecule has 1 aromatic heterocycles. The van der Waals surface area contributed by atoms with E-state index in [-0.39, 0.29) is 5.56 Å². The van der Waals surface area contributed by atoms with Crippen LogP contribution < -0.4 is 16.4 Å². The van der Waals surface area contributed by atoms with Gasteiger partial charge in [-0.3, -0.25) is 15.2 Å². The number of fused-ring (bicyclic) bond motifs is 1. The van der Waals surface area contributed by atoms with E-state index in [9.17, 15) is 4.79 Å². The van der Waals surface area contributed by atoms with Gasteiger partial charge in [-0.25, -0.2) is 4.98 Å². The molecule has 2 N–H and O–H groups in total. The Kier molecular flexibility index (Phi) is 3.47. The molecule has 3 rings (SSSR count). The molecule has 0 saturated heterocycles. The van der Waals surface area contributed by atoms with Crippen molar-refractivity contribution in [3.05, 3.63) is 70.6 Å². The number of hydrazine groups is 1. The minimum Gasteiger partial charge on any atom is -0.301 e. The summed E-state index contributed by atoms with van der Waals surface area (Å²) in [6, 6.07) is 15.1. The Morgan fingerprint density at radius 3 is 2.38 bits per heavy atom. The van der Waals surface area contributed by atoms with Crippen LogP contribution in [0, 0.1) is 6.92 Å². The zero-order valence-electron chi connectivity index (χ0n) is 11.5. The van der Waals surface area contributed by atoms with Crippen LogP contribution in [0.4, 0.5) is 11.4 Å². The Labute approximate surface area is 121 Å². The first-order valence-electron chi connectivity index (χ1n) is 6.57. The van der Waals surface area contributed by atoms with Crippen molar-refractivity contribution in [3.63, 3.8) is 0 Å². The summed E-state index contributed by atoms with van der Waals surface area (Å²) in [5.74, 6) is 0. The highest BCUT2D eigenvalue weighted by Gasteiger charge is 2.01. The SMILES string of the molecule is Cc1ccc(NNc2cnc3ccccc3nc2=O)cc1. The minimum atomic E-state index is -0.358. The highest BCUT2D eigenvalue weighted by molar-refractivity contribution is 5.73. The number of nitrogens with one attached hydrogen (secondary N) is 2. The second-order valence-corrected chi connectivity index (χ2v) is 4.69. The van der Waals surface area contributed by atoms with Gasteiger partial charge in [0.05, 0.1) is 22.9 Å². The summed E-state index contributed by atoms with van der Waals surface area (Å²) in [5.41, 5.74) is 9.05. The summed E-state index contributed by atoms with van der Waals surface area (Å²) in [6.07, 6.45) is 1.48. The van der Waals surface area contributed by atoms with Crippen molar-refractivity contribution < 1.29 is 0 Å². The van der Waals surface area contributed by atoms with E-state index in [0.717, 1.165) is 5.69 Å². The van der Waals surface area contributed by atoms with Crippen molar-refractivity contribution in [2.75, 3.05) is 10.9 Å². The van der Waals surface area contributed by atoms with Gasteiger partial charge in [-0.05, 0) is 31.2 Å². The normalized spacial score (nSPS) is 10.3. The molecule has 0 fully saturated rings. The highest BCUT2D eigenvalue weighted by atomic mass is 16.1. The van der Waals surface area contributed by atoms with Crippen molar-refractivity contribution >= 4 is 22.4 Å². The summed E-state index contributed by atoms with van der Waals surface area (Å²) in [4.78, 5) is 20.4. The number of aryl methyl sites for hydroxylation is 1. The van der Waals surface area contributed by atoms with Crippen LogP contribution in [-0.4, -0.2) is 9.97 Å². The summed E-state index contributed by atoms with van der Waals surface area (Å²) >= 11 is 0. The third-order valence-corrected chi connectivity index (χ3v) is 3.06. The monoisotopic (exact) mass is 278 g/mol. The Morgan fingerprint density at radius 2 is 1.62 bits per heavy atom. The fourth-order valence-corrected chi connectivity index (χ4v) is 1.89. The van der Waals surface area contributed by atoms with Crippen molar-refractivity contribution in [2.24, 2.45) is 0 Å². The Morgan fingerprint density at radius 1 is 0.905 bits per heavy atom. The molecule has 2 aromatic carbocycles. The van der Waals surface area contributed by atoms with Crippen molar-refractivity contribution in [2.45, 2.75) is 6.92 Å². The first kappa shape index (κ1) is 13.1. The second-order valence-electron chi connectivity index (χ2n) is 4.69. The van der Waals surface area contributed by atoms with Gasteiger partial charge in [-0.1, -0.05) is 29.8 Å². The number of rotatable bonds is 3. The highest BCUT2D eigenvalue weighted by Crippen LogP contribution is 2.09. The molecule has 0 unspecified atom stereocenters. The van der Waals surface area contributed by atoms with Crippen LogP contribution in [0.15, 0.2) is 59.5 Å². The van der Waals surface area contributed by atoms with Crippen LogP contribution in [-0.2, 0) is 0 Å². The topological polar surface area (TPSA) is 66.9 Å². The molecule has 0 radical (unpaired) electrons. The molecule has 0 bridgehead atoms. The molecule has 0 aliphatic carbocycles. The van der Waals surface area contributed by atoms with Gasteiger partial charge in [-0.15, -0.1) is 0 Å². The summed E-state index contributed by atoms with van der Waals surface area (Å²) in [5, 5.41) is 0. The number of benzene rings is 2. The molecule has 0 saturated carbocycles. The van der Waals surface area contributed by atoms with Crippen molar-refractivity contribution in [1.29, 1.82) is 0 Å². The van der Waals surface area contributed by atoms with Crippen LogP contribution in [0.5, 0.6) is 0 Å². The molecular weight excluding hydrogens is 264 g/mol. The van der Waals surface area contributed by atoms with Gasteiger partial charge in [0.2, 0.25) is 0 Å². The molecule has 1 heterocycles. The van der Waals surface area contributed by atoms with Gasteiger partial charge in [-0.2, -0.15) is 0 Å². The fraction of sp³-hybridized carbons (Fsp3) is 0.0625. The fourth-order valence-electron chi connectivity index (χ4n) is 1.89. The lowest BCUT2D eigenvalue weighted by molar-refractivity contribution is 1.28. The zero-order chi connectivity index (χ0) is 14.7. The molecule has 0 amide bonds. The van der Waals surface area contributed by atoms with E-state index in [2.05, 4.69) is 20.8 Å². The number of aromatic nitrogens is 2. The Bertz CT molecular complexity index is 831. The number of anilines is 2. The number of hydrogen-bond donors (Lipinski definition) is 2. The molecule has 0 aliphatic heterocycles. The minimum absolute atomic E-state index is 0.298. The van der Waals surface area contributed by atoms with Gasteiger partial charge in [0.25, 0.3) is 5.56 Å². The third-order valence-electron chi connectivity index (χ3n) is 3.06.